The highest BCUT2D eigenvalue weighted by molar-refractivity contribution is 6.10. The van der Waals surface area contributed by atoms with Crippen molar-refractivity contribution in [3.05, 3.63) is 101 Å². The summed E-state index contributed by atoms with van der Waals surface area (Å²) in [7, 11) is 1.72. The van der Waals surface area contributed by atoms with Gasteiger partial charge in [0.25, 0.3) is 0 Å². The number of hydrogen-bond acceptors (Lipinski definition) is 2. The van der Waals surface area contributed by atoms with Gasteiger partial charge in [0.15, 0.2) is 0 Å². The van der Waals surface area contributed by atoms with E-state index < -0.39 is 0 Å². The Morgan fingerprint density at radius 3 is 2.53 bits per heavy atom. The fourth-order valence-corrected chi connectivity index (χ4v) is 5.09. The predicted molar refractivity (Wildman–Crippen MR) is 122 cm³/mol. The maximum atomic E-state index is 6.29. The number of rotatable bonds is 1. The molecule has 0 amide bonds. The Hall–Kier alpha value is -3.52. The molecule has 2 heteroatoms. The lowest BCUT2D eigenvalue weighted by atomic mass is 9.84. The zero-order chi connectivity index (χ0) is 20.2. The summed E-state index contributed by atoms with van der Waals surface area (Å²) in [5.74, 6) is 3.07. The molecule has 0 aromatic heterocycles. The molecule has 1 aliphatic carbocycles. The molecule has 1 heterocycles. The first-order valence-corrected chi connectivity index (χ1v) is 10.5. The Morgan fingerprint density at radius 2 is 1.63 bits per heavy atom. The van der Waals surface area contributed by atoms with Crippen LogP contribution in [-0.4, -0.2) is 7.11 Å². The van der Waals surface area contributed by atoms with E-state index in [1.54, 1.807) is 7.11 Å². The molecule has 30 heavy (non-hydrogen) atoms. The molecule has 2 aliphatic rings. The maximum Gasteiger partial charge on any atom is 0.135 e. The van der Waals surface area contributed by atoms with Gasteiger partial charge in [-0.15, -0.1) is 0 Å². The third-order valence-corrected chi connectivity index (χ3v) is 6.41. The lowest BCUT2D eigenvalue weighted by Crippen LogP contribution is -2.06. The molecule has 4 aromatic rings. The Bertz CT molecular complexity index is 1350. The van der Waals surface area contributed by atoms with Crippen LogP contribution in [0.4, 0.5) is 0 Å². The van der Waals surface area contributed by atoms with Crippen molar-refractivity contribution in [2.24, 2.45) is 5.92 Å². The van der Waals surface area contributed by atoms with Crippen molar-refractivity contribution in [2.45, 2.75) is 13.3 Å². The highest BCUT2D eigenvalue weighted by Crippen LogP contribution is 2.53. The lowest BCUT2D eigenvalue weighted by molar-refractivity contribution is 0.412. The first kappa shape index (κ1) is 17.3. The van der Waals surface area contributed by atoms with Crippen molar-refractivity contribution in [1.29, 1.82) is 0 Å². The van der Waals surface area contributed by atoms with E-state index in [2.05, 4.69) is 67.6 Å². The molecule has 1 aliphatic heterocycles. The summed E-state index contributed by atoms with van der Waals surface area (Å²) in [6, 6.07) is 27.8. The summed E-state index contributed by atoms with van der Waals surface area (Å²) in [4.78, 5) is 0. The van der Waals surface area contributed by atoms with Crippen LogP contribution in [0.25, 0.3) is 21.9 Å². The lowest BCUT2D eigenvalue weighted by Gasteiger charge is -2.26. The number of hydrogen-bond donors (Lipinski definition) is 0. The zero-order valence-electron chi connectivity index (χ0n) is 17.1. The van der Waals surface area contributed by atoms with Crippen LogP contribution in [0, 0.1) is 5.92 Å². The van der Waals surface area contributed by atoms with Crippen LogP contribution in [0.1, 0.15) is 29.2 Å². The van der Waals surface area contributed by atoms with E-state index in [1.807, 2.05) is 18.2 Å². The summed E-state index contributed by atoms with van der Waals surface area (Å²) < 4.78 is 11.9. The van der Waals surface area contributed by atoms with Crippen LogP contribution < -0.4 is 9.47 Å². The first-order chi connectivity index (χ1) is 14.7. The molecule has 0 saturated heterocycles. The number of para-hydroxylation sites is 1. The molecule has 1 atom stereocenters. The van der Waals surface area contributed by atoms with Crippen LogP contribution in [0.5, 0.6) is 17.2 Å². The fourth-order valence-electron chi connectivity index (χ4n) is 5.09. The molecule has 0 spiro atoms. The SMILES string of the molecule is COc1ccc2c(c1)/C(=C1\c3c(ccc4ccccc34)CC1C)c1ccccc1O2. The third kappa shape index (κ3) is 2.43. The van der Waals surface area contributed by atoms with Crippen molar-refractivity contribution in [1.82, 2.24) is 0 Å². The largest absolute Gasteiger partial charge is 0.497 e. The smallest absolute Gasteiger partial charge is 0.135 e. The van der Waals surface area contributed by atoms with Gasteiger partial charge >= 0.3 is 0 Å². The Labute approximate surface area is 176 Å². The molecule has 0 fully saturated rings. The van der Waals surface area contributed by atoms with E-state index in [0.29, 0.717) is 5.92 Å². The van der Waals surface area contributed by atoms with Crippen LogP contribution >= 0.6 is 0 Å². The maximum absolute atomic E-state index is 6.29. The summed E-state index contributed by atoms with van der Waals surface area (Å²) in [6.07, 6.45) is 1.06. The molecule has 0 N–H and O–H groups in total. The van der Waals surface area contributed by atoms with Gasteiger partial charge in [-0.3, -0.25) is 0 Å². The predicted octanol–water partition coefficient (Wildman–Crippen LogP) is 7.11. The van der Waals surface area contributed by atoms with Crippen molar-refractivity contribution >= 4 is 21.9 Å². The minimum Gasteiger partial charge on any atom is -0.497 e. The van der Waals surface area contributed by atoms with Gasteiger partial charge in [0, 0.05) is 16.7 Å². The van der Waals surface area contributed by atoms with E-state index in [4.69, 9.17) is 9.47 Å². The number of allylic oxidation sites excluding steroid dienone is 1. The highest BCUT2D eigenvalue weighted by Gasteiger charge is 2.33. The molecule has 0 saturated carbocycles. The van der Waals surface area contributed by atoms with Gasteiger partial charge in [-0.05, 0) is 64.1 Å². The highest BCUT2D eigenvalue weighted by atomic mass is 16.5. The second-order valence-corrected chi connectivity index (χ2v) is 8.17. The van der Waals surface area contributed by atoms with Crippen molar-refractivity contribution in [3.63, 3.8) is 0 Å². The van der Waals surface area contributed by atoms with E-state index in [0.717, 1.165) is 34.8 Å². The first-order valence-electron chi connectivity index (χ1n) is 10.5. The number of ether oxygens (including phenoxy) is 2. The van der Waals surface area contributed by atoms with Gasteiger partial charge in [0.1, 0.15) is 17.2 Å². The molecule has 6 rings (SSSR count). The summed E-state index contributed by atoms with van der Waals surface area (Å²) in [5, 5.41) is 2.62. The molecule has 0 bridgehead atoms. The minimum absolute atomic E-state index is 0.422. The Morgan fingerprint density at radius 1 is 0.833 bits per heavy atom. The van der Waals surface area contributed by atoms with Crippen molar-refractivity contribution in [3.8, 4) is 17.2 Å². The zero-order valence-corrected chi connectivity index (χ0v) is 17.1. The number of benzene rings is 4. The van der Waals surface area contributed by atoms with Crippen LogP contribution in [0.15, 0.2) is 78.9 Å². The van der Waals surface area contributed by atoms with E-state index in [-0.39, 0.29) is 0 Å². The molecule has 1 unspecified atom stereocenters. The number of fused-ring (bicyclic) bond motifs is 5. The molecule has 4 aromatic carbocycles. The van der Waals surface area contributed by atoms with E-state index in [1.165, 1.54) is 33.0 Å². The second-order valence-electron chi connectivity index (χ2n) is 8.17. The van der Waals surface area contributed by atoms with Crippen molar-refractivity contribution in [2.75, 3.05) is 7.11 Å². The summed E-state index contributed by atoms with van der Waals surface area (Å²) in [6.45, 7) is 2.34. The Kier molecular flexibility index (Phi) is 3.76. The van der Waals surface area contributed by atoms with Crippen LogP contribution in [0.2, 0.25) is 0 Å². The van der Waals surface area contributed by atoms with E-state index >= 15 is 0 Å². The monoisotopic (exact) mass is 390 g/mol. The van der Waals surface area contributed by atoms with Gasteiger partial charge in [0.05, 0.1) is 7.11 Å². The quantitative estimate of drug-likeness (QED) is 0.304. The standard InChI is InChI=1S/C28H22O2/c1-17-15-19-12-11-18-7-3-4-8-21(18)27(19)26(17)28-22-9-5-6-10-24(22)30-25-14-13-20(29-2)16-23(25)28/h3-14,16-17H,15H2,1-2H3/b28-26-. The van der Waals surface area contributed by atoms with Gasteiger partial charge in [0.2, 0.25) is 0 Å². The van der Waals surface area contributed by atoms with Gasteiger partial charge in [-0.1, -0.05) is 61.5 Å². The van der Waals surface area contributed by atoms with Crippen LogP contribution in [0.3, 0.4) is 0 Å². The number of methoxy groups -OCH3 is 1. The third-order valence-electron chi connectivity index (χ3n) is 6.41. The van der Waals surface area contributed by atoms with Gasteiger partial charge in [-0.25, -0.2) is 0 Å². The van der Waals surface area contributed by atoms with Gasteiger partial charge < -0.3 is 9.47 Å². The molecule has 0 radical (unpaired) electrons. The fraction of sp³-hybridized carbons (Fsp3) is 0.143. The molecular formula is C28H22O2. The average molecular weight is 390 g/mol. The summed E-state index contributed by atoms with van der Waals surface area (Å²) in [5.41, 5.74) is 7.76. The van der Waals surface area contributed by atoms with Crippen LogP contribution in [-0.2, 0) is 6.42 Å². The molecule has 146 valence electrons. The van der Waals surface area contributed by atoms with E-state index in [9.17, 15) is 0 Å². The minimum atomic E-state index is 0.422. The van der Waals surface area contributed by atoms with Gasteiger partial charge in [-0.2, -0.15) is 0 Å². The Balaban J connectivity index is 1.76. The molecule has 2 nitrogen and oxygen atoms in total. The average Bonchev–Trinajstić information content (AvgIpc) is 3.13. The second kappa shape index (κ2) is 6.50. The normalized spacial score (nSPS) is 19.1. The molecular weight excluding hydrogens is 368 g/mol. The summed E-state index contributed by atoms with van der Waals surface area (Å²) >= 11 is 0. The topological polar surface area (TPSA) is 18.5 Å². The van der Waals surface area contributed by atoms with Crippen molar-refractivity contribution < 1.29 is 9.47 Å².